The molecule has 12 heteroatoms. The van der Waals surface area contributed by atoms with E-state index in [1.807, 2.05) is 0 Å². The molecule has 1 rings (SSSR count). The third kappa shape index (κ3) is 2.39. The maximum absolute atomic E-state index is 13.8. The quantitative estimate of drug-likeness (QED) is 0.251. The Morgan fingerprint density at radius 3 is 2.10 bits per heavy atom. The molecule has 8 N–H and O–H groups in total. The van der Waals surface area contributed by atoms with Crippen molar-refractivity contribution >= 4 is 5.97 Å². The fraction of sp³-hybridized carbons (Fsp3) is 0.889. The van der Waals surface area contributed by atoms with Crippen molar-refractivity contribution in [3.63, 3.8) is 0 Å². The van der Waals surface area contributed by atoms with Crippen LogP contribution in [0.3, 0.4) is 0 Å². The fourth-order valence-corrected chi connectivity index (χ4v) is 1.77. The molecule has 0 aliphatic carbocycles. The lowest BCUT2D eigenvalue weighted by atomic mass is 9.85. The highest BCUT2D eigenvalue weighted by atomic mass is 19.2. The number of rotatable bonds is 4. The molecule has 1 fully saturated rings. The summed E-state index contributed by atoms with van der Waals surface area (Å²) in [5, 5.41) is 72.7. The molecule has 0 amide bonds. The Bertz CT molecular complexity index is 415. The van der Waals surface area contributed by atoms with Gasteiger partial charge in [-0.25, -0.2) is 9.18 Å². The number of aliphatic hydroxyl groups excluding tert-OH is 4. The van der Waals surface area contributed by atoms with Crippen molar-refractivity contribution in [3.05, 3.63) is 0 Å². The zero-order valence-electron chi connectivity index (χ0n) is 10.2. The van der Waals surface area contributed by atoms with E-state index >= 15 is 0 Å². The molecule has 1 aliphatic heterocycles. The summed E-state index contributed by atoms with van der Waals surface area (Å²) in [6.07, 6.45) is -10.3. The van der Waals surface area contributed by atoms with Crippen molar-refractivity contribution in [2.24, 2.45) is 0 Å². The van der Waals surface area contributed by atoms with Crippen LogP contribution in [-0.4, -0.2) is 95.3 Å². The Hall–Kier alpha value is -0.990. The number of aliphatic carboxylic acids is 1. The van der Waals surface area contributed by atoms with Gasteiger partial charge in [0.05, 0.1) is 6.61 Å². The van der Waals surface area contributed by atoms with Gasteiger partial charge in [-0.1, -0.05) is 0 Å². The molecule has 21 heavy (non-hydrogen) atoms. The maximum atomic E-state index is 13.8. The molecule has 1 aliphatic rings. The lowest BCUT2D eigenvalue weighted by Gasteiger charge is -2.50. The molecular formula is C9H14F2O10. The number of hydrogen-bond acceptors (Lipinski definition) is 9. The second-order valence-corrected chi connectivity index (χ2v) is 4.51. The van der Waals surface area contributed by atoms with Crippen LogP contribution in [0.1, 0.15) is 0 Å². The highest BCUT2D eigenvalue weighted by Gasteiger charge is 2.78. The van der Waals surface area contributed by atoms with Crippen LogP contribution in [0, 0.1) is 0 Å². The second-order valence-electron chi connectivity index (χ2n) is 4.51. The van der Waals surface area contributed by atoms with Crippen molar-refractivity contribution in [1.29, 1.82) is 0 Å². The largest absolute Gasteiger partial charge is 0.477 e. The van der Waals surface area contributed by atoms with Gasteiger partial charge < -0.3 is 45.6 Å². The topological polar surface area (TPSA) is 188 Å². The predicted molar refractivity (Wildman–Crippen MR) is 54.7 cm³/mol. The molecule has 0 saturated carbocycles. The Labute approximate surface area is 115 Å². The van der Waals surface area contributed by atoms with E-state index in [1.165, 1.54) is 0 Å². The molecule has 0 aromatic rings. The zero-order valence-corrected chi connectivity index (χ0v) is 10.2. The number of hydrogen-bond donors (Lipinski definition) is 8. The van der Waals surface area contributed by atoms with E-state index in [0.29, 0.717) is 0 Å². The zero-order chi connectivity index (χ0) is 16.8. The summed E-state index contributed by atoms with van der Waals surface area (Å²) in [6, 6.07) is 0. The Morgan fingerprint density at radius 1 is 1.24 bits per heavy atom. The number of carboxylic acids is 1. The minimum absolute atomic E-state index is 1.16. The van der Waals surface area contributed by atoms with E-state index in [-0.39, 0.29) is 0 Å². The van der Waals surface area contributed by atoms with E-state index < -0.39 is 54.5 Å². The summed E-state index contributed by atoms with van der Waals surface area (Å²) >= 11 is 0. The molecule has 0 unspecified atom stereocenters. The molecule has 1 heterocycles. The fourth-order valence-electron chi connectivity index (χ4n) is 1.77. The summed E-state index contributed by atoms with van der Waals surface area (Å²) in [6.45, 7) is -1.16. The lowest BCUT2D eigenvalue weighted by Crippen LogP contribution is -2.79. The van der Waals surface area contributed by atoms with Crippen LogP contribution in [0.2, 0.25) is 0 Å². The van der Waals surface area contributed by atoms with Crippen molar-refractivity contribution in [3.8, 4) is 0 Å². The van der Waals surface area contributed by atoms with Crippen molar-refractivity contribution in [1.82, 2.24) is 0 Å². The molecular weight excluding hydrogens is 306 g/mol. The summed E-state index contributed by atoms with van der Waals surface area (Å²) in [5.74, 6) is -16.9. The minimum Gasteiger partial charge on any atom is -0.477 e. The first kappa shape index (κ1) is 18.1. The molecule has 1 saturated heterocycles. The monoisotopic (exact) mass is 320 g/mol. The van der Waals surface area contributed by atoms with Crippen LogP contribution in [0.4, 0.5) is 8.78 Å². The molecule has 0 aromatic carbocycles. The van der Waals surface area contributed by atoms with Gasteiger partial charge in [-0.2, -0.15) is 4.39 Å². The highest BCUT2D eigenvalue weighted by molar-refractivity contribution is 5.77. The molecule has 0 spiro atoms. The molecule has 10 nitrogen and oxygen atoms in total. The van der Waals surface area contributed by atoms with Gasteiger partial charge in [-0.05, 0) is 0 Å². The first-order valence-electron chi connectivity index (χ1n) is 5.45. The SMILES string of the molecule is O=C(O)[C@@]1(O)O[C@@H]([C@@H](O)[C@H](O)CO)[C@H](O)[C@](O)(F)[C@@]1(O)F. The van der Waals surface area contributed by atoms with Crippen LogP contribution >= 0.6 is 0 Å². The van der Waals surface area contributed by atoms with Gasteiger partial charge in [0.15, 0.2) is 0 Å². The normalized spacial score (nSPS) is 46.9. The van der Waals surface area contributed by atoms with Crippen LogP contribution in [0.5, 0.6) is 0 Å². The van der Waals surface area contributed by atoms with Crippen molar-refractivity contribution in [2.75, 3.05) is 6.61 Å². The average molecular weight is 320 g/mol. The van der Waals surface area contributed by atoms with Crippen LogP contribution in [0.25, 0.3) is 0 Å². The van der Waals surface area contributed by atoms with Gasteiger partial charge in [0.2, 0.25) is 0 Å². The summed E-state index contributed by atoms with van der Waals surface area (Å²) in [7, 11) is 0. The third-order valence-corrected chi connectivity index (χ3v) is 3.13. The van der Waals surface area contributed by atoms with Gasteiger partial charge in [0.1, 0.15) is 24.4 Å². The van der Waals surface area contributed by atoms with E-state index in [4.69, 9.17) is 25.5 Å². The van der Waals surface area contributed by atoms with E-state index in [1.54, 1.807) is 0 Å². The lowest BCUT2D eigenvalue weighted by molar-refractivity contribution is -0.471. The molecule has 0 aromatic heterocycles. The summed E-state index contributed by atoms with van der Waals surface area (Å²) < 4.78 is 31.6. The van der Waals surface area contributed by atoms with Gasteiger partial charge in [-0.3, -0.25) is 0 Å². The van der Waals surface area contributed by atoms with Crippen LogP contribution in [-0.2, 0) is 9.53 Å². The molecule has 7 atom stereocenters. The van der Waals surface area contributed by atoms with Crippen molar-refractivity contribution < 1.29 is 59.2 Å². The first-order valence-corrected chi connectivity index (χ1v) is 5.45. The van der Waals surface area contributed by atoms with Gasteiger partial charge in [-0.15, -0.1) is 0 Å². The number of halogens is 2. The van der Waals surface area contributed by atoms with Gasteiger partial charge in [0.25, 0.3) is 0 Å². The average Bonchev–Trinajstić information content (AvgIpc) is 2.39. The van der Waals surface area contributed by atoms with Gasteiger partial charge in [0, 0.05) is 0 Å². The number of ether oxygens (including phenoxy) is 1. The van der Waals surface area contributed by atoms with Crippen LogP contribution in [0.15, 0.2) is 0 Å². The standard InChI is InChI=1S/C9H14F2O10/c10-7(18)5(15)4(3(14)2(13)1-12)21-8(19,6(16)17)9(7,11)20/h2-5,12-15,18-20H,1H2,(H,16,17)/t2-,3+,4+,5+,7-,8-,9+/m1/s1. The number of carbonyl (C=O) groups is 1. The Morgan fingerprint density at radius 2 is 1.71 bits per heavy atom. The maximum Gasteiger partial charge on any atom is 0.370 e. The number of carboxylic acid groups (broad SMARTS) is 1. The van der Waals surface area contributed by atoms with Crippen molar-refractivity contribution in [2.45, 2.75) is 41.9 Å². The molecule has 124 valence electrons. The Kier molecular flexibility index (Phi) is 4.58. The van der Waals surface area contributed by atoms with Gasteiger partial charge >= 0.3 is 23.5 Å². The van der Waals surface area contributed by atoms with Crippen LogP contribution < -0.4 is 0 Å². The molecule has 0 bridgehead atoms. The van der Waals surface area contributed by atoms with E-state index in [0.717, 1.165) is 0 Å². The first-order chi connectivity index (χ1) is 9.34. The number of aliphatic hydroxyl groups is 7. The summed E-state index contributed by atoms with van der Waals surface area (Å²) in [5.41, 5.74) is 0. The second kappa shape index (κ2) is 5.33. The Balaban J connectivity index is 3.32. The smallest absolute Gasteiger partial charge is 0.370 e. The minimum atomic E-state index is -5.01. The number of alkyl halides is 2. The van der Waals surface area contributed by atoms with E-state index in [9.17, 15) is 28.9 Å². The third-order valence-electron chi connectivity index (χ3n) is 3.13. The van der Waals surface area contributed by atoms with E-state index in [2.05, 4.69) is 4.74 Å². The molecule has 0 radical (unpaired) electrons. The highest BCUT2D eigenvalue weighted by Crippen LogP contribution is 2.46. The summed E-state index contributed by atoms with van der Waals surface area (Å²) in [4.78, 5) is 10.8. The predicted octanol–water partition coefficient (Wildman–Crippen LogP) is -4.45.